The van der Waals surface area contributed by atoms with E-state index >= 15 is 0 Å². The standard InChI is InChI=1S/C6H8N2O3S.H3N/c7-4-1-2-6(5(8)3-4)12(9,10)11;/h1-3H,7-8H2,(H,9,10,11);1H3. The summed E-state index contributed by atoms with van der Waals surface area (Å²) < 4.78 is 29.8. The molecule has 0 aliphatic heterocycles. The molecule has 0 atom stereocenters. The van der Waals surface area contributed by atoms with Gasteiger partial charge in [0, 0.05) is 5.69 Å². The SMILES string of the molecule is N.Nc1ccc(S(=O)(=O)O)c(N)c1. The van der Waals surface area contributed by atoms with E-state index in [9.17, 15) is 8.42 Å². The molecule has 8 N–H and O–H groups in total. The summed E-state index contributed by atoms with van der Waals surface area (Å²) >= 11 is 0. The molecule has 0 spiro atoms. The summed E-state index contributed by atoms with van der Waals surface area (Å²) in [7, 11) is -4.23. The van der Waals surface area contributed by atoms with Crippen molar-refractivity contribution >= 4 is 21.5 Å². The van der Waals surface area contributed by atoms with Crippen LogP contribution in [-0.2, 0) is 10.1 Å². The average Bonchev–Trinajstić information content (AvgIpc) is 1.83. The second-order valence-electron chi connectivity index (χ2n) is 2.27. The fraction of sp³-hybridized carbons (Fsp3) is 0. The van der Waals surface area contributed by atoms with Crippen LogP contribution in [0.15, 0.2) is 23.1 Å². The Balaban J connectivity index is 0.00000144. The molecule has 1 rings (SSSR count). The fourth-order valence-electron chi connectivity index (χ4n) is 0.802. The third kappa shape index (κ3) is 2.58. The quantitative estimate of drug-likeness (QED) is 0.382. The van der Waals surface area contributed by atoms with Crippen molar-refractivity contribution in [3.05, 3.63) is 18.2 Å². The second-order valence-corrected chi connectivity index (χ2v) is 3.66. The van der Waals surface area contributed by atoms with Gasteiger partial charge in [0.2, 0.25) is 0 Å². The molecule has 1 aromatic carbocycles. The molecule has 74 valence electrons. The minimum absolute atomic E-state index is 0. The third-order valence-electron chi connectivity index (χ3n) is 1.31. The van der Waals surface area contributed by atoms with Crippen molar-refractivity contribution in [3.63, 3.8) is 0 Å². The molecule has 7 heteroatoms. The molecule has 0 saturated carbocycles. The van der Waals surface area contributed by atoms with E-state index in [1.54, 1.807) is 0 Å². The molecule has 0 radical (unpaired) electrons. The number of nitrogens with two attached hydrogens (primary N) is 2. The summed E-state index contributed by atoms with van der Waals surface area (Å²) in [6, 6.07) is 3.77. The molecule has 0 bridgehead atoms. The number of benzene rings is 1. The Hall–Kier alpha value is -1.31. The van der Waals surface area contributed by atoms with Crippen LogP contribution in [0.5, 0.6) is 0 Å². The van der Waals surface area contributed by atoms with Gasteiger partial charge in [-0.15, -0.1) is 0 Å². The van der Waals surface area contributed by atoms with Crippen LogP contribution in [0.1, 0.15) is 0 Å². The second kappa shape index (κ2) is 3.60. The molecule has 1 aromatic rings. The van der Waals surface area contributed by atoms with Crippen LogP contribution in [0.4, 0.5) is 11.4 Å². The number of nitrogen functional groups attached to an aromatic ring is 2. The van der Waals surface area contributed by atoms with Gasteiger partial charge in [0.05, 0.1) is 5.69 Å². The number of hydrogen-bond acceptors (Lipinski definition) is 5. The molecule has 0 unspecified atom stereocenters. The lowest BCUT2D eigenvalue weighted by Crippen LogP contribution is -2.03. The van der Waals surface area contributed by atoms with Crippen molar-refractivity contribution in [1.29, 1.82) is 0 Å². The number of hydrogen-bond donors (Lipinski definition) is 4. The maximum Gasteiger partial charge on any atom is 0.296 e. The molecule has 0 aromatic heterocycles. The zero-order valence-electron chi connectivity index (χ0n) is 6.77. The van der Waals surface area contributed by atoms with Crippen molar-refractivity contribution in [2.75, 3.05) is 11.5 Å². The molecule has 13 heavy (non-hydrogen) atoms. The third-order valence-corrected chi connectivity index (χ3v) is 2.24. The van der Waals surface area contributed by atoms with E-state index in [0.29, 0.717) is 5.69 Å². The lowest BCUT2D eigenvalue weighted by Gasteiger charge is -2.01. The fourth-order valence-corrected chi connectivity index (χ4v) is 1.40. The first-order chi connectivity index (χ1) is 5.41. The number of anilines is 2. The van der Waals surface area contributed by atoms with Crippen LogP contribution in [0.25, 0.3) is 0 Å². The molecule has 0 fully saturated rings. The normalized spacial score (nSPS) is 10.5. The van der Waals surface area contributed by atoms with Crippen LogP contribution in [0.3, 0.4) is 0 Å². The van der Waals surface area contributed by atoms with Crippen LogP contribution in [0.2, 0.25) is 0 Å². The largest absolute Gasteiger partial charge is 0.399 e. The molecule has 0 heterocycles. The smallest absolute Gasteiger partial charge is 0.296 e. The Bertz CT molecular complexity index is 402. The van der Waals surface area contributed by atoms with Gasteiger partial charge in [0.1, 0.15) is 4.90 Å². The first-order valence-electron chi connectivity index (χ1n) is 3.04. The van der Waals surface area contributed by atoms with Crippen LogP contribution < -0.4 is 17.6 Å². The zero-order valence-corrected chi connectivity index (χ0v) is 7.58. The van der Waals surface area contributed by atoms with Gasteiger partial charge in [0.15, 0.2) is 0 Å². The van der Waals surface area contributed by atoms with E-state index < -0.39 is 10.1 Å². The lowest BCUT2D eigenvalue weighted by molar-refractivity contribution is 0.483. The highest BCUT2D eigenvalue weighted by Crippen LogP contribution is 2.19. The summed E-state index contributed by atoms with van der Waals surface area (Å²) in [5.41, 5.74) is 10.9. The minimum atomic E-state index is -4.23. The van der Waals surface area contributed by atoms with Crippen molar-refractivity contribution in [2.24, 2.45) is 0 Å². The van der Waals surface area contributed by atoms with Gasteiger partial charge in [-0.1, -0.05) is 0 Å². The summed E-state index contributed by atoms with van der Waals surface area (Å²) in [5.74, 6) is 0. The summed E-state index contributed by atoms with van der Waals surface area (Å²) in [6.45, 7) is 0. The monoisotopic (exact) mass is 205 g/mol. The van der Waals surface area contributed by atoms with Crippen molar-refractivity contribution in [1.82, 2.24) is 6.15 Å². The van der Waals surface area contributed by atoms with Crippen molar-refractivity contribution in [2.45, 2.75) is 4.90 Å². The molecule has 0 saturated heterocycles. The summed E-state index contributed by atoms with van der Waals surface area (Å²) in [6.07, 6.45) is 0. The van der Waals surface area contributed by atoms with Gasteiger partial charge in [-0.05, 0) is 18.2 Å². The maximum absolute atomic E-state index is 10.6. The molecular formula is C6H11N3O3S. The van der Waals surface area contributed by atoms with Gasteiger partial charge in [-0.25, -0.2) is 0 Å². The van der Waals surface area contributed by atoms with Crippen molar-refractivity contribution in [3.8, 4) is 0 Å². The zero-order chi connectivity index (χ0) is 9.35. The highest BCUT2D eigenvalue weighted by Gasteiger charge is 2.12. The Kier molecular flexibility index (Phi) is 3.24. The molecule has 0 amide bonds. The van der Waals surface area contributed by atoms with Gasteiger partial charge in [-0.3, -0.25) is 4.55 Å². The Morgan fingerprint density at radius 1 is 1.23 bits per heavy atom. The first-order valence-corrected chi connectivity index (χ1v) is 4.48. The van der Waals surface area contributed by atoms with Crippen LogP contribution in [-0.4, -0.2) is 13.0 Å². The summed E-state index contributed by atoms with van der Waals surface area (Å²) in [4.78, 5) is -0.322. The van der Waals surface area contributed by atoms with E-state index in [4.69, 9.17) is 16.0 Å². The highest BCUT2D eigenvalue weighted by molar-refractivity contribution is 7.86. The first kappa shape index (κ1) is 11.7. The maximum atomic E-state index is 10.6. The van der Waals surface area contributed by atoms with Gasteiger partial charge in [-0.2, -0.15) is 8.42 Å². The van der Waals surface area contributed by atoms with E-state index in [1.807, 2.05) is 0 Å². The predicted molar refractivity (Wildman–Crippen MR) is 50.1 cm³/mol. The van der Waals surface area contributed by atoms with Gasteiger partial charge >= 0.3 is 0 Å². The average molecular weight is 205 g/mol. The Morgan fingerprint density at radius 2 is 1.77 bits per heavy atom. The van der Waals surface area contributed by atoms with Gasteiger partial charge < -0.3 is 17.6 Å². The van der Waals surface area contributed by atoms with E-state index in [2.05, 4.69) is 0 Å². The lowest BCUT2D eigenvalue weighted by atomic mass is 10.3. The molecule has 6 nitrogen and oxygen atoms in total. The molecule has 0 aliphatic rings. The van der Waals surface area contributed by atoms with E-state index in [-0.39, 0.29) is 16.7 Å². The van der Waals surface area contributed by atoms with Gasteiger partial charge in [0.25, 0.3) is 10.1 Å². The topological polar surface area (TPSA) is 141 Å². The van der Waals surface area contributed by atoms with Crippen LogP contribution in [0, 0.1) is 0 Å². The number of rotatable bonds is 1. The predicted octanol–water partition coefficient (Wildman–Crippen LogP) is 0.260. The van der Waals surface area contributed by atoms with E-state index in [1.165, 1.54) is 12.1 Å². The minimum Gasteiger partial charge on any atom is -0.399 e. The Morgan fingerprint density at radius 3 is 2.15 bits per heavy atom. The highest BCUT2D eigenvalue weighted by atomic mass is 32.2. The Labute approximate surface area is 75.9 Å². The molecule has 0 aliphatic carbocycles. The summed E-state index contributed by atoms with van der Waals surface area (Å²) in [5, 5.41) is 0. The van der Waals surface area contributed by atoms with Crippen molar-refractivity contribution < 1.29 is 13.0 Å². The molecular weight excluding hydrogens is 194 g/mol. The van der Waals surface area contributed by atoms with E-state index in [0.717, 1.165) is 6.07 Å². The van der Waals surface area contributed by atoms with Crippen LogP contribution >= 0.6 is 0 Å².